The summed E-state index contributed by atoms with van der Waals surface area (Å²) in [7, 11) is 0. The van der Waals surface area contributed by atoms with Crippen molar-refractivity contribution in [1.82, 2.24) is 9.97 Å². The third-order valence-corrected chi connectivity index (χ3v) is 3.52. The second kappa shape index (κ2) is 7.02. The quantitative estimate of drug-likeness (QED) is 0.722. The number of para-hydroxylation sites is 1. The smallest absolute Gasteiger partial charge is 0.274 e. The Morgan fingerprint density at radius 3 is 2.48 bits per heavy atom. The molecular weight excluding hydrogens is 356 g/mol. The van der Waals surface area contributed by atoms with E-state index in [2.05, 4.69) is 36.5 Å². The minimum atomic E-state index is -0.282. The summed E-state index contributed by atoms with van der Waals surface area (Å²) in [6.07, 6.45) is 1.36. The molecule has 1 amide bonds. The number of benzene rings is 2. The van der Waals surface area contributed by atoms with E-state index in [-0.39, 0.29) is 5.91 Å². The maximum absolute atomic E-state index is 12.2. The summed E-state index contributed by atoms with van der Waals surface area (Å²) in [4.78, 5) is 20.4. The first kappa shape index (κ1) is 15.2. The van der Waals surface area contributed by atoms with Crippen LogP contribution >= 0.6 is 15.9 Å². The van der Waals surface area contributed by atoms with Crippen LogP contribution in [0.4, 0.5) is 17.2 Å². The van der Waals surface area contributed by atoms with Crippen molar-refractivity contribution >= 4 is 39.0 Å². The number of aromatic nitrogens is 2. The van der Waals surface area contributed by atoms with Crippen molar-refractivity contribution in [2.45, 2.75) is 0 Å². The first-order chi connectivity index (χ1) is 11.2. The topological polar surface area (TPSA) is 66.9 Å². The molecule has 1 heterocycles. The third-order valence-electron chi connectivity index (χ3n) is 3.03. The number of hydrogen-bond acceptors (Lipinski definition) is 4. The zero-order chi connectivity index (χ0) is 16.1. The Morgan fingerprint density at radius 2 is 1.70 bits per heavy atom. The van der Waals surface area contributed by atoms with Gasteiger partial charge in [-0.15, -0.1) is 0 Å². The van der Waals surface area contributed by atoms with Crippen molar-refractivity contribution in [2.24, 2.45) is 0 Å². The van der Waals surface area contributed by atoms with Crippen molar-refractivity contribution in [3.05, 3.63) is 77.2 Å². The van der Waals surface area contributed by atoms with Gasteiger partial charge in [0.25, 0.3) is 5.91 Å². The van der Waals surface area contributed by atoms with Crippen molar-refractivity contribution in [3.63, 3.8) is 0 Å². The van der Waals surface area contributed by atoms with Crippen LogP contribution in [0.25, 0.3) is 0 Å². The molecule has 3 rings (SSSR count). The summed E-state index contributed by atoms with van der Waals surface area (Å²) in [5, 5.41) is 5.94. The van der Waals surface area contributed by atoms with E-state index < -0.39 is 0 Å². The normalized spacial score (nSPS) is 10.1. The summed E-state index contributed by atoms with van der Waals surface area (Å²) < 4.78 is 0.957. The number of halogens is 1. The van der Waals surface area contributed by atoms with E-state index in [0.717, 1.165) is 15.8 Å². The zero-order valence-corrected chi connectivity index (χ0v) is 13.6. The number of anilines is 3. The molecule has 0 spiro atoms. The maximum atomic E-state index is 12.2. The Bertz CT molecular complexity index is 824. The fourth-order valence-corrected chi connectivity index (χ4v) is 2.38. The van der Waals surface area contributed by atoms with Crippen molar-refractivity contribution in [2.75, 3.05) is 10.6 Å². The van der Waals surface area contributed by atoms with Gasteiger partial charge in [0.1, 0.15) is 17.8 Å². The molecule has 0 unspecified atom stereocenters. The van der Waals surface area contributed by atoms with E-state index in [1.165, 1.54) is 6.33 Å². The fourth-order valence-electron chi connectivity index (χ4n) is 1.98. The molecule has 0 aliphatic carbocycles. The summed E-state index contributed by atoms with van der Waals surface area (Å²) in [6, 6.07) is 18.5. The first-order valence-electron chi connectivity index (χ1n) is 6.92. The minimum Gasteiger partial charge on any atom is -0.340 e. The molecule has 1 aromatic heterocycles. The first-order valence-corrected chi connectivity index (χ1v) is 7.71. The minimum absolute atomic E-state index is 0.282. The van der Waals surface area contributed by atoms with Gasteiger partial charge >= 0.3 is 0 Å². The van der Waals surface area contributed by atoms with E-state index >= 15 is 0 Å². The van der Waals surface area contributed by atoms with E-state index in [4.69, 9.17) is 0 Å². The highest BCUT2D eigenvalue weighted by Crippen LogP contribution is 2.19. The van der Waals surface area contributed by atoms with Gasteiger partial charge in [0.05, 0.1) is 0 Å². The molecular formula is C17H13BrN4O. The van der Waals surface area contributed by atoms with E-state index in [9.17, 15) is 4.79 Å². The molecule has 2 aromatic carbocycles. The van der Waals surface area contributed by atoms with Crippen LogP contribution in [0.2, 0.25) is 0 Å². The lowest BCUT2D eigenvalue weighted by Gasteiger charge is -2.08. The monoisotopic (exact) mass is 368 g/mol. The molecule has 5 nitrogen and oxygen atoms in total. The highest BCUT2D eigenvalue weighted by molar-refractivity contribution is 9.10. The Balaban J connectivity index is 1.75. The molecule has 0 saturated carbocycles. The fraction of sp³-hybridized carbons (Fsp3) is 0. The average Bonchev–Trinajstić information content (AvgIpc) is 2.56. The second-order valence-corrected chi connectivity index (χ2v) is 5.66. The second-order valence-electron chi connectivity index (χ2n) is 4.74. The molecule has 2 N–H and O–H groups in total. The number of carbonyl (C=O) groups excluding carboxylic acids is 1. The Labute approximate surface area is 141 Å². The molecule has 23 heavy (non-hydrogen) atoms. The van der Waals surface area contributed by atoms with Crippen LogP contribution < -0.4 is 10.6 Å². The lowest BCUT2D eigenvalue weighted by molar-refractivity contribution is 0.102. The lowest BCUT2D eigenvalue weighted by Crippen LogP contribution is -2.14. The van der Waals surface area contributed by atoms with Crippen LogP contribution in [-0.2, 0) is 0 Å². The molecule has 0 saturated heterocycles. The van der Waals surface area contributed by atoms with Gasteiger partial charge in [0, 0.05) is 21.9 Å². The van der Waals surface area contributed by atoms with Gasteiger partial charge < -0.3 is 10.6 Å². The number of carbonyl (C=O) groups is 1. The highest BCUT2D eigenvalue weighted by Gasteiger charge is 2.09. The standard InChI is InChI=1S/C17H13BrN4O/c18-12-5-4-8-14(9-12)21-16-10-15(19-11-20-16)17(23)22-13-6-2-1-3-7-13/h1-11H,(H,22,23)(H,19,20,21). The number of hydrogen-bond donors (Lipinski definition) is 2. The van der Waals surface area contributed by atoms with Crippen LogP contribution in [0.15, 0.2) is 71.5 Å². The molecule has 114 valence electrons. The zero-order valence-electron chi connectivity index (χ0n) is 12.0. The van der Waals surface area contributed by atoms with Gasteiger partial charge in [0.2, 0.25) is 0 Å². The van der Waals surface area contributed by atoms with Gasteiger partial charge in [-0.2, -0.15) is 0 Å². The predicted octanol–water partition coefficient (Wildman–Crippen LogP) is 4.24. The van der Waals surface area contributed by atoms with E-state index in [0.29, 0.717) is 11.5 Å². The van der Waals surface area contributed by atoms with Gasteiger partial charge in [-0.05, 0) is 30.3 Å². The average molecular weight is 369 g/mol. The molecule has 0 fully saturated rings. The van der Waals surface area contributed by atoms with Crippen molar-refractivity contribution in [3.8, 4) is 0 Å². The summed E-state index contributed by atoms with van der Waals surface area (Å²) in [5.74, 6) is 0.271. The summed E-state index contributed by atoms with van der Waals surface area (Å²) in [5.41, 5.74) is 1.88. The molecule has 0 aliphatic heterocycles. The number of amides is 1. The Kier molecular flexibility index (Phi) is 4.63. The third kappa shape index (κ3) is 4.14. The van der Waals surface area contributed by atoms with Crippen molar-refractivity contribution in [1.29, 1.82) is 0 Å². The van der Waals surface area contributed by atoms with Crippen LogP contribution in [-0.4, -0.2) is 15.9 Å². The van der Waals surface area contributed by atoms with E-state index in [1.807, 2.05) is 54.6 Å². The molecule has 6 heteroatoms. The van der Waals surface area contributed by atoms with Gasteiger partial charge in [-0.25, -0.2) is 9.97 Å². The predicted molar refractivity (Wildman–Crippen MR) is 93.9 cm³/mol. The Hall–Kier alpha value is -2.73. The Morgan fingerprint density at radius 1 is 0.913 bits per heavy atom. The number of nitrogens with one attached hydrogen (secondary N) is 2. The van der Waals surface area contributed by atoms with Crippen LogP contribution in [0.5, 0.6) is 0 Å². The van der Waals surface area contributed by atoms with E-state index in [1.54, 1.807) is 6.07 Å². The van der Waals surface area contributed by atoms with Gasteiger partial charge in [0.15, 0.2) is 0 Å². The van der Waals surface area contributed by atoms with Crippen LogP contribution in [0.3, 0.4) is 0 Å². The maximum Gasteiger partial charge on any atom is 0.274 e. The SMILES string of the molecule is O=C(Nc1ccccc1)c1cc(Nc2cccc(Br)c2)ncn1. The molecule has 0 atom stereocenters. The molecule has 0 radical (unpaired) electrons. The van der Waals surface area contributed by atoms with Crippen molar-refractivity contribution < 1.29 is 4.79 Å². The molecule has 3 aromatic rings. The number of nitrogens with zero attached hydrogens (tertiary/aromatic N) is 2. The highest BCUT2D eigenvalue weighted by atomic mass is 79.9. The van der Waals surface area contributed by atoms with Gasteiger partial charge in [-0.3, -0.25) is 4.79 Å². The number of rotatable bonds is 4. The van der Waals surface area contributed by atoms with Crippen LogP contribution in [0, 0.1) is 0 Å². The van der Waals surface area contributed by atoms with Crippen LogP contribution in [0.1, 0.15) is 10.5 Å². The van der Waals surface area contributed by atoms with Gasteiger partial charge in [-0.1, -0.05) is 40.2 Å². The summed E-state index contributed by atoms with van der Waals surface area (Å²) >= 11 is 3.41. The molecule has 0 aliphatic rings. The molecule has 0 bridgehead atoms. The summed E-state index contributed by atoms with van der Waals surface area (Å²) in [6.45, 7) is 0. The lowest BCUT2D eigenvalue weighted by atomic mass is 10.3. The largest absolute Gasteiger partial charge is 0.340 e.